The lowest BCUT2D eigenvalue weighted by atomic mass is 9.96. The monoisotopic (exact) mass is 488 g/mol. The summed E-state index contributed by atoms with van der Waals surface area (Å²) in [5, 5.41) is 25.5. The SMILES string of the molecule is CSc1ccc2c(c1)C(N1CCN(C)CC1)Cc1ccc(O)cc1S2.O=C(O)C=CC(=O)O. The molecule has 1 fully saturated rings. The van der Waals surface area contributed by atoms with Crippen molar-refractivity contribution < 1.29 is 24.9 Å². The predicted molar refractivity (Wildman–Crippen MR) is 130 cm³/mol. The van der Waals surface area contributed by atoms with Crippen LogP contribution in [0.15, 0.2) is 63.2 Å². The summed E-state index contributed by atoms with van der Waals surface area (Å²) in [6, 6.07) is 13.1. The number of benzene rings is 2. The van der Waals surface area contributed by atoms with E-state index in [1.165, 1.54) is 25.8 Å². The molecule has 1 unspecified atom stereocenters. The number of thioether (sulfide) groups is 1. The molecule has 3 N–H and O–H groups in total. The van der Waals surface area contributed by atoms with Gasteiger partial charge in [0.15, 0.2) is 0 Å². The Kier molecular flexibility index (Phi) is 8.85. The minimum absolute atomic E-state index is 0.353. The first-order valence-electron chi connectivity index (χ1n) is 10.5. The Morgan fingerprint density at radius 1 is 1.00 bits per heavy atom. The standard InChI is InChI=1S/C20H24N2OS2.C4H4O4/c1-21-7-9-22(10-8-21)18-11-14-3-4-15(23)12-20(14)25-19-6-5-16(24-2)13-17(18)19;5-3(6)1-2-4(7)8/h3-6,12-13,18,23H,7-11H2,1-2H3;1-2H,(H,5,6)(H,7,8). The lowest BCUT2D eigenvalue weighted by molar-refractivity contribution is -0.134. The first-order chi connectivity index (χ1) is 15.8. The van der Waals surface area contributed by atoms with Gasteiger partial charge in [-0.05, 0) is 61.2 Å². The van der Waals surface area contributed by atoms with Crippen LogP contribution in [0.25, 0.3) is 0 Å². The zero-order valence-electron chi connectivity index (χ0n) is 18.6. The number of carboxylic acid groups (broad SMARTS) is 2. The Bertz CT molecular complexity index is 1020. The molecule has 33 heavy (non-hydrogen) atoms. The Morgan fingerprint density at radius 3 is 2.27 bits per heavy atom. The second kappa shape index (κ2) is 11.6. The molecule has 0 aliphatic carbocycles. The van der Waals surface area contributed by atoms with Crippen LogP contribution < -0.4 is 0 Å². The van der Waals surface area contributed by atoms with Gasteiger partial charge < -0.3 is 20.2 Å². The molecule has 1 atom stereocenters. The molecular formula is C24H28N2O5S2. The van der Waals surface area contributed by atoms with Crippen molar-refractivity contribution in [3.63, 3.8) is 0 Å². The Morgan fingerprint density at radius 2 is 1.67 bits per heavy atom. The van der Waals surface area contributed by atoms with Crippen molar-refractivity contribution in [2.75, 3.05) is 39.5 Å². The number of carbonyl (C=O) groups is 2. The van der Waals surface area contributed by atoms with E-state index in [0.717, 1.165) is 32.6 Å². The number of aliphatic carboxylic acids is 2. The van der Waals surface area contributed by atoms with E-state index in [2.05, 4.69) is 47.4 Å². The number of hydrogen-bond acceptors (Lipinski definition) is 7. The number of piperazine rings is 1. The number of hydrogen-bond donors (Lipinski definition) is 3. The molecule has 0 amide bonds. The van der Waals surface area contributed by atoms with E-state index in [1.54, 1.807) is 11.8 Å². The highest BCUT2D eigenvalue weighted by Gasteiger charge is 2.29. The highest BCUT2D eigenvalue weighted by atomic mass is 32.2. The van der Waals surface area contributed by atoms with Crippen molar-refractivity contribution in [2.45, 2.75) is 27.1 Å². The van der Waals surface area contributed by atoms with Gasteiger partial charge in [-0.3, -0.25) is 4.90 Å². The van der Waals surface area contributed by atoms with Crippen molar-refractivity contribution in [1.82, 2.24) is 9.80 Å². The van der Waals surface area contributed by atoms with E-state index in [1.807, 2.05) is 23.9 Å². The zero-order chi connectivity index (χ0) is 24.0. The number of fused-ring (bicyclic) bond motifs is 2. The molecule has 0 saturated carbocycles. The van der Waals surface area contributed by atoms with Crippen LogP contribution in [0.2, 0.25) is 0 Å². The number of aromatic hydroxyl groups is 1. The highest BCUT2D eigenvalue weighted by Crippen LogP contribution is 2.44. The van der Waals surface area contributed by atoms with Crippen LogP contribution in [0.4, 0.5) is 0 Å². The summed E-state index contributed by atoms with van der Waals surface area (Å²) >= 11 is 3.61. The van der Waals surface area contributed by atoms with Crippen LogP contribution in [0.3, 0.4) is 0 Å². The molecule has 0 bridgehead atoms. The van der Waals surface area contributed by atoms with Gasteiger partial charge in [-0.15, -0.1) is 11.8 Å². The second-order valence-corrected chi connectivity index (χ2v) is 9.83. The topological polar surface area (TPSA) is 101 Å². The summed E-state index contributed by atoms with van der Waals surface area (Å²) < 4.78 is 0. The van der Waals surface area contributed by atoms with Crippen molar-refractivity contribution in [2.24, 2.45) is 0 Å². The van der Waals surface area contributed by atoms with Gasteiger partial charge >= 0.3 is 11.9 Å². The molecule has 1 saturated heterocycles. The molecule has 2 aromatic rings. The normalized spacial score (nSPS) is 18.5. The quantitative estimate of drug-likeness (QED) is 0.438. The Labute approximate surface area is 202 Å². The van der Waals surface area contributed by atoms with E-state index in [4.69, 9.17) is 10.2 Å². The molecule has 2 aromatic carbocycles. The lowest BCUT2D eigenvalue weighted by Gasteiger charge is -2.38. The average Bonchev–Trinajstić information content (AvgIpc) is 2.94. The predicted octanol–water partition coefficient (Wildman–Crippen LogP) is 3.82. The minimum atomic E-state index is -1.26. The summed E-state index contributed by atoms with van der Waals surface area (Å²) in [5.41, 5.74) is 2.78. The van der Waals surface area contributed by atoms with Crippen LogP contribution in [-0.4, -0.2) is 76.5 Å². The van der Waals surface area contributed by atoms with E-state index >= 15 is 0 Å². The zero-order valence-corrected chi connectivity index (χ0v) is 20.2. The molecule has 7 nitrogen and oxygen atoms in total. The minimum Gasteiger partial charge on any atom is -0.508 e. The Hall–Kier alpha value is -2.46. The van der Waals surface area contributed by atoms with Crippen LogP contribution in [0.5, 0.6) is 5.75 Å². The number of phenolic OH excluding ortho intramolecular Hbond substituents is 1. The molecule has 2 heterocycles. The van der Waals surface area contributed by atoms with Crippen molar-refractivity contribution >= 4 is 35.5 Å². The molecule has 2 aliphatic rings. The maximum atomic E-state index is 9.92. The summed E-state index contributed by atoms with van der Waals surface area (Å²) in [5.74, 6) is -2.16. The van der Waals surface area contributed by atoms with Gasteiger partial charge in [-0.25, -0.2) is 9.59 Å². The fourth-order valence-electron chi connectivity index (χ4n) is 3.85. The van der Waals surface area contributed by atoms with E-state index in [0.29, 0.717) is 23.9 Å². The first-order valence-corrected chi connectivity index (χ1v) is 12.5. The molecule has 176 valence electrons. The second-order valence-electron chi connectivity index (χ2n) is 7.87. The molecule has 4 rings (SSSR count). The van der Waals surface area contributed by atoms with Gasteiger partial charge in [-0.1, -0.05) is 17.8 Å². The summed E-state index contributed by atoms with van der Waals surface area (Å²) in [4.78, 5) is 28.0. The maximum absolute atomic E-state index is 9.92. The first kappa shape index (κ1) is 25.2. The van der Waals surface area contributed by atoms with E-state index in [9.17, 15) is 14.7 Å². The van der Waals surface area contributed by atoms with Crippen molar-refractivity contribution in [3.05, 3.63) is 59.7 Å². The summed E-state index contributed by atoms with van der Waals surface area (Å²) in [6.07, 6.45) is 4.27. The molecule has 0 aromatic heterocycles. The third-order valence-electron chi connectivity index (χ3n) is 5.61. The molecule has 2 aliphatic heterocycles. The number of rotatable bonds is 4. The molecule has 0 spiro atoms. The number of likely N-dealkylation sites (N-methyl/N-ethyl adjacent to an activating group) is 1. The smallest absolute Gasteiger partial charge is 0.328 e. The van der Waals surface area contributed by atoms with Crippen LogP contribution in [0.1, 0.15) is 17.2 Å². The van der Waals surface area contributed by atoms with Gasteiger partial charge in [-0.2, -0.15) is 0 Å². The van der Waals surface area contributed by atoms with Crippen LogP contribution >= 0.6 is 23.5 Å². The largest absolute Gasteiger partial charge is 0.508 e. The molecular weight excluding hydrogens is 460 g/mol. The van der Waals surface area contributed by atoms with Gasteiger partial charge in [0.05, 0.1) is 0 Å². The fraction of sp³-hybridized carbons (Fsp3) is 0.333. The van der Waals surface area contributed by atoms with Crippen molar-refractivity contribution in [3.8, 4) is 5.75 Å². The van der Waals surface area contributed by atoms with E-state index in [-0.39, 0.29) is 0 Å². The van der Waals surface area contributed by atoms with Gasteiger partial charge in [0.25, 0.3) is 0 Å². The maximum Gasteiger partial charge on any atom is 0.328 e. The molecule has 9 heteroatoms. The van der Waals surface area contributed by atoms with Gasteiger partial charge in [0.1, 0.15) is 5.75 Å². The third-order valence-corrected chi connectivity index (χ3v) is 7.52. The van der Waals surface area contributed by atoms with Crippen LogP contribution in [-0.2, 0) is 16.0 Å². The average molecular weight is 489 g/mol. The highest BCUT2D eigenvalue weighted by molar-refractivity contribution is 7.99. The van der Waals surface area contributed by atoms with Crippen molar-refractivity contribution in [1.29, 1.82) is 0 Å². The lowest BCUT2D eigenvalue weighted by Crippen LogP contribution is -2.46. The number of carboxylic acids is 2. The van der Waals surface area contributed by atoms with Gasteiger partial charge in [0.2, 0.25) is 0 Å². The van der Waals surface area contributed by atoms with E-state index < -0.39 is 11.9 Å². The van der Waals surface area contributed by atoms with Gasteiger partial charge in [0, 0.05) is 59.1 Å². The Balaban J connectivity index is 0.000000331. The number of phenols is 1. The fourth-order valence-corrected chi connectivity index (χ4v) is 5.45. The third kappa shape index (κ3) is 7.01. The summed E-state index contributed by atoms with van der Waals surface area (Å²) in [6.45, 7) is 4.48. The summed E-state index contributed by atoms with van der Waals surface area (Å²) in [7, 11) is 2.21. The molecule has 0 radical (unpaired) electrons. The van der Waals surface area contributed by atoms with Crippen LogP contribution in [0, 0.1) is 0 Å². The number of nitrogens with zero attached hydrogens (tertiary/aromatic N) is 2.